The highest BCUT2D eigenvalue weighted by Crippen LogP contribution is 2.17. The molecule has 5 heteroatoms. The molecular weight excluding hydrogens is 154 g/mol. The van der Waals surface area contributed by atoms with Crippen LogP contribution in [0.4, 0.5) is 5.82 Å². The van der Waals surface area contributed by atoms with Crippen LogP contribution in [0.3, 0.4) is 0 Å². The second-order valence-electron chi connectivity index (χ2n) is 2.50. The summed E-state index contributed by atoms with van der Waals surface area (Å²) in [5.74, 6) is 0.458. The molecule has 0 aromatic carbocycles. The van der Waals surface area contributed by atoms with E-state index in [1.807, 2.05) is 0 Å². The fourth-order valence-electron chi connectivity index (χ4n) is 1.17. The first-order valence-electron chi connectivity index (χ1n) is 3.59. The number of hydrogen-bond donors (Lipinski definition) is 3. The molecule has 0 bridgehead atoms. The summed E-state index contributed by atoms with van der Waals surface area (Å²) in [6.07, 6.45) is 3.24. The molecule has 0 fully saturated rings. The van der Waals surface area contributed by atoms with Crippen LogP contribution in [0.2, 0.25) is 0 Å². The highest BCUT2D eigenvalue weighted by atomic mass is 14.9. The molecule has 0 saturated heterocycles. The fourth-order valence-corrected chi connectivity index (χ4v) is 1.17. The van der Waals surface area contributed by atoms with Gasteiger partial charge in [-0.2, -0.15) is 0 Å². The van der Waals surface area contributed by atoms with E-state index in [1.165, 1.54) is 6.33 Å². The lowest BCUT2D eigenvalue weighted by molar-refractivity contribution is 1.07. The van der Waals surface area contributed by atoms with Crippen LogP contribution in [0.1, 0.15) is 5.56 Å². The van der Waals surface area contributed by atoms with Gasteiger partial charge in [0, 0.05) is 18.3 Å². The summed E-state index contributed by atoms with van der Waals surface area (Å²) in [6, 6.07) is 0. The van der Waals surface area contributed by atoms with Crippen LogP contribution in [-0.2, 0) is 6.54 Å². The Morgan fingerprint density at radius 3 is 3.00 bits per heavy atom. The van der Waals surface area contributed by atoms with Crippen LogP contribution in [0, 0.1) is 0 Å². The number of anilines is 1. The van der Waals surface area contributed by atoms with Crippen molar-refractivity contribution in [3.63, 3.8) is 0 Å². The van der Waals surface area contributed by atoms with Gasteiger partial charge in [0.15, 0.2) is 5.82 Å². The monoisotopic (exact) mass is 163 g/mol. The zero-order valence-corrected chi connectivity index (χ0v) is 6.41. The molecule has 0 aliphatic rings. The van der Waals surface area contributed by atoms with E-state index in [1.54, 1.807) is 6.20 Å². The van der Waals surface area contributed by atoms with E-state index in [-0.39, 0.29) is 0 Å². The summed E-state index contributed by atoms with van der Waals surface area (Å²) >= 11 is 0. The normalized spacial score (nSPS) is 10.8. The molecule has 0 atom stereocenters. The minimum Gasteiger partial charge on any atom is -0.382 e. The lowest BCUT2D eigenvalue weighted by Gasteiger charge is -1.94. The smallest absolute Gasteiger partial charge is 0.151 e. The minimum absolute atomic E-state index is 0.455. The number of fused-ring (bicyclic) bond motifs is 1. The Bertz CT molecular complexity index is 405. The Morgan fingerprint density at radius 1 is 1.42 bits per heavy atom. The Balaban J connectivity index is 2.80. The van der Waals surface area contributed by atoms with Gasteiger partial charge in [0.2, 0.25) is 0 Å². The first-order valence-corrected chi connectivity index (χ1v) is 3.59. The van der Waals surface area contributed by atoms with Crippen LogP contribution in [0.15, 0.2) is 12.5 Å². The largest absolute Gasteiger partial charge is 0.382 e. The van der Waals surface area contributed by atoms with Gasteiger partial charge in [-0.25, -0.2) is 9.97 Å². The zero-order valence-electron chi connectivity index (χ0n) is 6.41. The number of nitrogen functional groups attached to an aromatic ring is 1. The number of H-pyrrole nitrogens is 1. The van der Waals surface area contributed by atoms with E-state index in [2.05, 4.69) is 15.0 Å². The van der Waals surface area contributed by atoms with E-state index in [9.17, 15) is 0 Å². The molecule has 5 N–H and O–H groups in total. The number of aromatic amines is 1. The average molecular weight is 163 g/mol. The standard InChI is InChI=1S/C7H9N5/c8-1-4-2-10-6-5(4)11-3-12-7(6)9/h2-3,10H,1,8H2,(H2,9,11,12). The molecule has 0 aliphatic heterocycles. The summed E-state index contributed by atoms with van der Waals surface area (Å²) in [6.45, 7) is 0.455. The van der Waals surface area contributed by atoms with Crippen LogP contribution in [0.25, 0.3) is 11.0 Å². The molecule has 2 aromatic rings. The van der Waals surface area contributed by atoms with Crippen molar-refractivity contribution < 1.29 is 0 Å². The van der Waals surface area contributed by atoms with Crippen molar-refractivity contribution in [1.29, 1.82) is 0 Å². The van der Waals surface area contributed by atoms with Crippen molar-refractivity contribution in [2.45, 2.75) is 6.54 Å². The molecule has 0 amide bonds. The van der Waals surface area contributed by atoms with Crippen molar-refractivity contribution in [3.8, 4) is 0 Å². The molecule has 0 radical (unpaired) electrons. The lowest BCUT2D eigenvalue weighted by atomic mass is 10.3. The third-order valence-electron chi connectivity index (χ3n) is 1.79. The van der Waals surface area contributed by atoms with Crippen LogP contribution in [-0.4, -0.2) is 15.0 Å². The van der Waals surface area contributed by atoms with Gasteiger partial charge in [0.05, 0.1) is 5.52 Å². The maximum absolute atomic E-state index is 5.60. The molecule has 0 saturated carbocycles. The topological polar surface area (TPSA) is 93.6 Å². The van der Waals surface area contributed by atoms with Crippen molar-refractivity contribution in [2.24, 2.45) is 5.73 Å². The molecule has 12 heavy (non-hydrogen) atoms. The molecular formula is C7H9N5. The van der Waals surface area contributed by atoms with Crippen LogP contribution >= 0.6 is 0 Å². The van der Waals surface area contributed by atoms with Crippen molar-refractivity contribution in [2.75, 3.05) is 5.73 Å². The van der Waals surface area contributed by atoms with E-state index < -0.39 is 0 Å². The summed E-state index contributed by atoms with van der Waals surface area (Å²) in [5, 5.41) is 0. The summed E-state index contributed by atoms with van der Waals surface area (Å²) in [4.78, 5) is 10.9. The van der Waals surface area contributed by atoms with E-state index >= 15 is 0 Å². The van der Waals surface area contributed by atoms with Gasteiger partial charge in [0.25, 0.3) is 0 Å². The van der Waals surface area contributed by atoms with Crippen molar-refractivity contribution in [1.82, 2.24) is 15.0 Å². The predicted molar refractivity (Wildman–Crippen MR) is 46.2 cm³/mol. The third kappa shape index (κ3) is 0.835. The maximum Gasteiger partial charge on any atom is 0.151 e. The van der Waals surface area contributed by atoms with Crippen molar-refractivity contribution >= 4 is 16.9 Å². The minimum atomic E-state index is 0.455. The number of nitrogens with one attached hydrogen (secondary N) is 1. The SMILES string of the molecule is NCc1c[nH]c2c(N)ncnc12. The third-order valence-corrected chi connectivity index (χ3v) is 1.79. The zero-order chi connectivity index (χ0) is 8.55. The van der Waals surface area contributed by atoms with E-state index in [4.69, 9.17) is 11.5 Å². The number of aromatic nitrogens is 3. The lowest BCUT2D eigenvalue weighted by Crippen LogP contribution is -1.96. The first kappa shape index (κ1) is 7.05. The predicted octanol–water partition coefficient (Wildman–Crippen LogP) is -0.00120. The van der Waals surface area contributed by atoms with Gasteiger partial charge < -0.3 is 16.5 Å². The second-order valence-corrected chi connectivity index (χ2v) is 2.50. The Kier molecular flexibility index (Phi) is 1.44. The summed E-state index contributed by atoms with van der Waals surface area (Å²) in [7, 11) is 0. The fraction of sp³-hybridized carbons (Fsp3) is 0.143. The van der Waals surface area contributed by atoms with Gasteiger partial charge >= 0.3 is 0 Å². The Hall–Kier alpha value is -1.62. The average Bonchev–Trinajstić information content (AvgIpc) is 2.49. The maximum atomic E-state index is 5.60. The summed E-state index contributed by atoms with van der Waals surface area (Å²) < 4.78 is 0. The number of rotatable bonds is 1. The highest BCUT2D eigenvalue weighted by Gasteiger charge is 2.05. The van der Waals surface area contributed by atoms with E-state index in [0.29, 0.717) is 12.4 Å². The molecule has 2 heterocycles. The number of hydrogen-bond acceptors (Lipinski definition) is 4. The Morgan fingerprint density at radius 2 is 2.25 bits per heavy atom. The number of nitrogens with zero attached hydrogens (tertiary/aromatic N) is 2. The molecule has 0 spiro atoms. The van der Waals surface area contributed by atoms with E-state index in [0.717, 1.165) is 16.6 Å². The van der Waals surface area contributed by atoms with Gasteiger partial charge in [-0.15, -0.1) is 0 Å². The van der Waals surface area contributed by atoms with Gasteiger partial charge in [-0.3, -0.25) is 0 Å². The molecule has 2 aromatic heterocycles. The second kappa shape index (κ2) is 2.46. The van der Waals surface area contributed by atoms with Gasteiger partial charge in [0.1, 0.15) is 11.8 Å². The first-order chi connectivity index (χ1) is 5.83. The molecule has 0 aliphatic carbocycles. The highest BCUT2D eigenvalue weighted by molar-refractivity contribution is 5.86. The quantitative estimate of drug-likeness (QED) is 0.551. The molecule has 62 valence electrons. The molecule has 2 rings (SSSR count). The van der Waals surface area contributed by atoms with Crippen LogP contribution < -0.4 is 11.5 Å². The molecule has 0 unspecified atom stereocenters. The molecule has 5 nitrogen and oxygen atoms in total. The van der Waals surface area contributed by atoms with Crippen molar-refractivity contribution in [3.05, 3.63) is 18.1 Å². The summed E-state index contributed by atoms with van der Waals surface area (Å²) in [5.41, 5.74) is 13.6. The number of nitrogens with two attached hydrogens (primary N) is 2. The van der Waals surface area contributed by atoms with Gasteiger partial charge in [-0.1, -0.05) is 0 Å². The van der Waals surface area contributed by atoms with Crippen LogP contribution in [0.5, 0.6) is 0 Å². The van der Waals surface area contributed by atoms with Gasteiger partial charge in [-0.05, 0) is 0 Å². The Labute approximate surface area is 68.8 Å².